The van der Waals surface area contributed by atoms with Crippen molar-refractivity contribution < 1.29 is 14.7 Å². The van der Waals surface area contributed by atoms with Crippen molar-refractivity contribution in [3.63, 3.8) is 0 Å². The molecule has 1 unspecified atom stereocenters. The Hall–Kier alpha value is -1.53. The van der Waals surface area contributed by atoms with Crippen molar-refractivity contribution in [3.8, 4) is 0 Å². The number of aliphatic carboxylic acids is 1. The molecular formula is C15H18N2O3S. The third-order valence-electron chi connectivity index (χ3n) is 4.04. The minimum absolute atomic E-state index is 0.0934. The predicted octanol–water partition coefficient (Wildman–Crippen LogP) is 0.730. The van der Waals surface area contributed by atoms with Gasteiger partial charge >= 0.3 is 5.97 Å². The maximum Gasteiger partial charge on any atom is 0.326 e. The van der Waals surface area contributed by atoms with Crippen LogP contribution in [0.3, 0.4) is 0 Å². The highest BCUT2D eigenvalue weighted by Gasteiger charge is 2.37. The fraction of sp³-hybridized carbons (Fsp3) is 0.467. The molecule has 1 saturated heterocycles. The molecule has 1 fully saturated rings. The summed E-state index contributed by atoms with van der Waals surface area (Å²) in [7, 11) is 0. The first-order valence-electron chi connectivity index (χ1n) is 7.08. The molecule has 0 saturated carbocycles. The number of amides is 1. The van der Waals surface area contributed by atoms with Gasteiger partial charge in [-0.15, -0.1) is 0 Å². The SMILES string of the molecule is O=C(O)[C@@H]1Cc2ccccc2CN1C(=O)C1CSCCN1. The number of fused-ring (bicyclic) bond motifs is 1. The van der Waals surface area contributed by atoms with Crippen LogP contribution in [0.5, 0.6) is 0 Å². The molecule has 0 spiro atoms. The van der Waals surface area contributed by atoms with Gasteiger partial charge in [-0.2, -0.15) is 11.8 Å². The number of carboxylic acid groups (broad SMARTS) is 1. The van der Waals surface area contributed by atoms with E-state index in [4.69, 9.17) is 0 Å². The molecule has 2 aliphatic heterocycles. The van der Waals surface area contributed by atoms with Gasteiger partial charge in [-0.25, -0.2) is 4.79 Å². The highest BCUT2D eigenvalue weighted by Crippen LogP contribution is 2.25. The maximum atomic E-state index is 12.7. The summed E-state index contributed by atoms with van der Waals surface area (Å²) < 4.78 is 0. The number of hydrogen-bond acceptors (Lipinski definition) is 4. The number of rotatable bonds is 2. The summed E-state index contributed by atoms with van der Waals surface area (Å²) in [6.07, 6.45) is 0.386. The van der Waals surface area contributed by atoms with Gasteiger partial charge < -0.3 is 15.3 Å². The number of carboxylic acids is 1. The molecule has 2 N–H and O–H groups in total. The number of carbonyl (C=O) groups excluding carboxylic acids is 1. The van der Waals surface area contributed by atoms with Crippen LogP contribution in [0.1, 0.15) is 11.1 Å². The van der Waals surface area contributed by atoms with E-state index in [1.54, 1.807) is 11.8 Å². The second kappa shape index (κ2) is 6.07. The van der Waals surface area contributed by atoms with Gasteiger partial charge in [0.25, 0.3) is 0 Å². The van der Waals surface area contributed by atoms with Crippen LogP contribution in [0, 0.1) is 0 Å². The normalized spacial score (nSPS) is 25.2. The molecule has 21 heavy (non-hydrogen) atoms. The number of nitrogens with zero attached hydrogens (tertiary/aromatic N) is 1. The van der Waals surface area contributed by atoms with Gasteiger partial charge in [0.05, 0.1) is 6.04 Å². The highest BCUT2D eigenvalue weighted by molar-refractivity contribution is 7.99. The highest BCUT2D eigenvalue weighted by atomic mass is 32.2. The molecule has 2 heterocycles. The van der Waals surface area contributed by atoms with Gasteiger partial charge in [0.1, 0.15) is 6.04 Å². The summed E-state index contributed by atoms with van der Waals surface area (Å²) in [4.78, 5) is 25.7. The molecule has 3 rings (SSSR count). The lowest BCUT2D eigenvalue weighted by Crippen LogP contribution is -2.56. The van der Waals surface area contributed by atoms with Crippen LogP contribution in [0.4, 0.5) is 0 Å². The largest absolute Gasteiger partial charge is 0.480 e. The molecule has 6 heteroatoms. The summed E-state index contributed by atoms with van der Waals surface area (Å²) in [5, 5.41) is 12.7. The summed E-state index contributed by atoms with van der Waals surface area (Å²) >= 11 is 1.73. The molecule has 2 aliphatic rings. The number of benzene rings is 1. The van der Waals surface area contributed by atoms with Crippen LogP contribution in [0.2, 0.25) is 0 Å². The minimum Gasteiger partial charge on any atom is -0.480 e. The summed E-state index contributed by atoms with van der Waals surface area (Å²) in [6, 6.07) is 6.72. The Balaban J connectivity index is 1.85. The van der Waals surface area contributed by atoms with E-state index in [0.717, 1.165) is 23.4 Å². The lowest BCUT2D eigenvalue weighted by Gasteiger charge is -2.37. The van der Waals surface area contributed by atoms with Crippen molar-refractivity contribution in [2.45, 2.75) is 25.0 Å². The predicted molar refractivity (Wildman–Crippen MR) is 81.2 cm³/mol. The van der Waals surface area contributed by atoms with Crippen molar-refractivity contribution in [1.29, 1.82) is 0 Å². The Morgan fingerprint density at radius 3 is 2.71 bits per heavy atom. The topological polar surface area (TPSA) is 69.6 Å². The first-order chi connectivity index (χ1) is 10.2. The molecule has 2 atom stereocenters. The maximum absolute atomic E-state index is 12.7. The van der Waals surface area contributed by atoms with E-state index < -0.39 is 12.0 Å². The first-order valence-corrected chi connectivity index (χ1v) is 8.23. The first kappa shape index (κ1) is 14.4. The molecule has 0 radical (unpaired) electrons. The Labute approximate surface area is 127 Å². The van der Waals surface area contributed by atoms with Crippen molar-refractivity contribution in [3.05, 3.63) is 35.4 Å². The van der Waals surface area contributed by atoms with E-state index >= 15 is 0 Å². The van der Waals surface area contributed by atoms with E-state index in [-0.39, 0.29) is 11.9 Å². The Kier molecular flexibility index (Phi) is 4.17. The average molecular weight is 306 g/mol. The van der Waals surface area contributed by atoms with Crippen molar-refractivity contribution in [2.75, 3.05) is 18.1 Å². The average Bonchev–Trinajstić information content (AvgIpc) is 2.53. The third kappa shape index (κ3) is 2.91. The van der Waals surface area contributed by atoms with Crippen LogP contribution >= 0.6 is 11.8 Å². The smallest absolute Gasteiger partial charge is 0.326 e. The van der Waals surface area contributed by atoms with E-state index in [1.165, 1.54) is 4.90 Å². The summed E-state index contributed by atoms with van der Waals surface area (Å²) in [6.45, 7) is 1.18. The van der Waals surface area contributed by atoms with Crippen LogP contribution in [-0.2, 0) is 22.6 Å². The summed E-state index contributed by atoms with van der Waals surface area (Å²) in [5.74, 6) is 0.684. The number of hydrogen-bond donors (Lipinski definition) is 2. The van der Waals surface area contributed by atoms with Gasteiger partial charge in [-0.3, -0.25) is 4.79 Å². The van der Waals surface area contributed by atoms with Crippen LogP contribution < -0.4 is 5.32 Å². The minimum atomic E-state index is -0.929. The molecule has 0 aliphatic carbocycles. The van der Waals surface area contributed by atoms with E-state index in [0.29, 0.717) is 18.7 Å². The zero-order chi connectivity index (χ0) is 14.8. The Morgan fingerprint density at radius 2 is 2.05 bits per heavy atom. The molecule has 0 bridgehead atoms. The number of thioether (sulfide) groups is 1. The number of nitrogens with one attached hydrogen (secondary N) is 1. The number of carbonyl (C=O) groups is 2. The van der Waals surface area contributed by atoms with Gasteiger partial charge in [-0.1, -0.05) is 24.3 Å². The quantitative estimate of drug-likeness (QED) is 0.843. The van der Waals surface area contributed by atoms with E-state index in [9.17, 15) is 14.7 Å². The van der Waals surface area contributed by atoms with Crippen molar-refractivity contribution in [1.82, 2.24) is 10.2 Å². The molecule has 1 aromatic carbocycles. The lowest BCUT2D eigenvalue weighted by molar-refractivity contribution is -0.152. The van der Waals surface area contributed by atoms with Crippen molar-refractivity contribution in [2.24, 2.45) is 0 Å². The fourth-order valence-corrected chi connectivity index (χ4v) is 3.82. The van der Waals surface area contributed by atoms with Gasteiger partial charge in [0.15, 0.2) is 0 Å². The van der Waals surface area contributed by atoms with Crippen LogP contribution in [0.25, 0.3) is 0 Å². The Morgan fingerprint density at radius 1 is 1.29 bits per heavy atom. The molecule has 112 valence electrons. The molecule has 0 aromatic heterocycles. The second-order valence-electron chi connectivity index (χ2n) is 5.37. The zero-order valence-corrected chi connectivity index (χ0v) is 12.4. The monoisotopic (exact) mass is 306 g/mol. The van der Waals surface area contributed by atoms with E-state index in [1.807, 2.05) is 24.3 Å². The van der Waals surface area contributed by atoms with Crippen LogP contribution in [-0.4, -0.2) is 52.0 Å². The van der Waals surface area contributed by atoms with Crippen LogP contribution in [0.15, 0.2) is 24.3 Å². The van der Waals surface area contributed by atoms with Gasteiger partial charge in [0, 0.05) is 31.0 Å². The van der Waals surface area contributed by atoms with Gasteiger partial charge in [0.2, 0.25) is 5.91 Å². The molecule has 1 amide bonds. The fourth-order valence-electron chi connectivity index (χ4n) is 2.90. The third-order valence-corrected chi connectivity index (χ3v) is 5.10. The zero-order valence-electron chi connectivity index (χ0n) is 11.6. The lowest BCUT2D eigenvalue weighted by atomic mass is 9.93. The molecule has 5 nitrogen and oxygen atoms in total. The van der Waals surface area contributed by atoms with E-state index in [2.05, 4.69) is 5.32 Å². The summed E-state index contributed by atoms with van der Waals surface area (Å²) in [5.41, 5.74) is 2.08. The molecular weight excluding hydrogens is 288 g/mol. The Bertz CT molecular complexity index is 558. The van der Waals surface area contributed by atoms with Gasteiger partial charge in [-0.05, 0) is 11.1 Å². The second-order valence-corrected chi connectivity index (χ2v) is 6.52. The standard InChI is InChI=1S/C15H18N2O3S/c18-14(12-9-21-6-5-16-12)17-8-11-4-2-1-3-10(11)7-13(17)15(19)20/h1-4,12-13,16H,5-9H2,(H,19,20)/t12?,13-/m0/s1. The molecule has 1 aromatic rings. The van der Waals surface area contributed by atoms with Crippen molar-refractivity contribution >= 4 is 23.6 Å².